The van der Waals surface area contributed by atoms with Crippen LogP contribution in [0.25, 0.3) is 0 Å². The Morgan fingerprint density at radius 3 is 2.72 bits per heavy atom. The average molecular weight is 462 g/mol. The van der Waals surface area contributed by atoms with E-state index in [-0.39, 0.29) is 43.0 Å². The van der Waals surface area contributed by atoms with Crippen LogP contribution in [0, 0.1) is 5.82 Å². The third kappa shape index (κ3) is 6.00. The Labute approximate surface area is 193 Å². The van der Waals surface area contributed by atoms with Crippen molar-refractivity contribution in [1.29, 1.82) is 0 Å². The average Bonchev–Trinajstić information content (AvgIpc) is 3.17. The van der Waals surface area contributed by atoms with Crippen LogP contribution in [0.2, 0.25) is 0 Å². The fourth-order valence-corrected chi connectivity index (χ4v) is 4.65. The number of urea groups is 1. The second-order valence-corrected chi connectivity index (χ2v) is 10.3. The molecule has 32 heavy (non-hydrogen) atoms. The first-order valence-corrected chi connectivity index (χ1v) is 11.8. The molecule has 0 unspecified atom stereocenters. The lowest BCUT2D eigenvalue weighted by atomic mass is 10.0. The van der Waals surface area contributed by atoms with Gasteiger partial charge in [0.1, 0.15) is 24.7 Å². The van der Waals surface area contributed by atoms with Crippen molar-refractivity contribution in [1.82, 2.24) is 15.1 Å². The van der Waals surface area contributed by atoms with Gasteiger partial charge in [0.25, 0.3) is 0 Å². The lowest BCUT2D eigenvalue weighted by Gasteiger charge is -2.38. The van der Waals surface area contributed by atoms with Gasteiger partial charge in [0.05, 0.1) is 6.04 Å². The van der Waals surface area contributed by atoms with E-state index in [0.29, 0.717) is 12.3 Å². The number of thiophene rings is 1. The van der Waals surface area contributed by atoms with Crippen LogP contribution in [0.3, 0.4) is 0 Å². The zero-order chi connectivity index (χ0) is 23.5. The normalized spacial score (nSPS) is 16.0. The fourth-order valence-electron chi connectivity index (χ4n) is 3.72. The van der Waals surface area contributed by atoms with Gasteiger partial charge in [-0.15, -0.1) is 11.3 Å². The number of hydrogen-bond acceptors (Lipinski definition) is 4. The summed E-state index contributed by atoms with van der Waals surface area (Å²) < 4.78 is 19.4. The van der Waals surface area contributed by atoms with E-state index in [0.717, 1.165) is 12.0 Å². The second kappa shape index (κ2) is 9.90. The van der Waals surface area contributed by atoms with Gasteiger partial charge < -0.3 is 19.9 Å². The van der Waals surface area contributed by atoms with Gasteiger partial charge in [-0.25, -0.2) is 9.18 Å². The number of carbonyl (C=O) groups is 2. The highest BCUT2D eigenvalue weighted by Crippen LogP contribution is 2.34. The summed E-state index contributed by atoms with van der Waals surface area (Å²) >= 11 is 1.67. The fraction of sp³-hybridized carbons (Fsp3) is 0.500. The predicted molar refractivity (Wildman–Crippen MR) is 124 cm³/mol. The highest BCUT2D eigenvalue weighted by molar-refractivity contribution is 7.10. The number of rotatable bonds is 6. The quantitative estimate of drug-likeness (QED) is 0.683. The summed E-state index contributed by atoms with van der Waals surface area (Å²) in [6, 6.07) is 7.32. The number of ether oxygens (including phenoxy) is 1. The molecule has 1 aromatic heterocycles. The van der Waals surface area contributed by atoms with Crippen molar-refractivity contribution >= 4 is 23.3 Å². The second-order valence-electron chi connectivity index (χ2n) is 9.32. The van der Waals surface area contributed by atoms with E-state index < -0.39 is 5.54 Å². The molecule has 2 heterocycles. The van der Waals surface area contributed by atoms with Gasteiger partial charge in [-0.2, -0.15) is 0 Å². The molecule has 8 heteroatoms. The van der Waals surface area contributed by atoms with Gasteiger partial charge >= 0.3 is 6.03 Å². The molecule has 1 aliphatic rings. The van der Waals surface area contributed by atoms with Crippen LogP contribution >= 0.6 is 11.3 Å². The molecule has 0 bridgehead atoms. The first kappa shape index (κ1) is 24.0. The third-order valence-electron chi connectivity index (χ3n) is 5.29. The lowest BCUT2D eigenvalue weighted by molar-refractivity contribution is -0.135. The molecule has 1 N–H and O–H groups in total. The highest BCUT2D eigenvalue weighted by Gasteiger charge is 2.34. The SMILES string of the molecule is CC(C)N(CC(=O)N1CCc2sccc2[C@@H]1COc1cccc(F)c1)C(=O)NC(C)(C)C. The smallest absolute Gasteiger partial charge is 0.318 e. The maximum atomic E-state index is 13.6. The number of fused-ring (bicyclic) bond motifs is 1. The first-order valence-electron chi connectivity index (χ1n) is 10.9. The van der Waals surface area contributed by atoms with Crippen molar-refractivity contribution in [2.75, 3.05) is 19.7 Å². The van der Waals surface area contributed by atoms with Crippen LogP contribution < -0.4 is 10.1 Å². The van der Waals surface area contributed by atoms with Crippen LogP contribution in [-0.2, 0) is 11.2 Å². The van der Waals surface area contributed by atoms with Crippen molar-refractivity contribution in [3.05, 3.63) is 52.0 Å². The van der Waals surface area contributed by atoms with Crippen LogP contribution in [0.15, 0.2) is 35.7 Å². The van der Waals surface area contributed by atoms with E-state index in [4.69, 9.17) is 4.74 Å². The summed E-state index contributed by atoms with van der Waals surface area (Å²) in [7, 11) is 0. The summed E-state index contributed by atoms with van der Waals surface area (Å²) in [6.45, 7) is 10.3. The summed E-state index contributed by atoms with van der Waals surface area (Å²) in [5.41, 5.74) is 0.659. The molecule has 3 rings (SSSR count). The van der Waals surface area contributed by atoms with Gasteiger partial charge in [0.15, 0.2) is 0 Å². The molecule has 0 fully saturated rings. The summed E-state index contributed by atoms with van der Waals surface area (Å²) in [5, 5.41) is 4.96. The molecule has 0 saturated heterocycles. The minimum atomic E-state index is -0.398. The van der Waals surface area contributed by atoms with Crippen molar-refractivity contribution in [3.63, 3.8) is 0 Å². The third-order valence-corrected chi connectivity index (χ3v) is 6.29. The molecule has 0 spiro atoms. The summed E-state index contributed by atoms with van der Waals surface area (Å²) in [6.07, 6.45) is 0.769. The molecular formula is C24H32FN3O3S. The zero-order valence-electron chi connectivity index (χ0n) is 19.4. The standard InChI is InChI=1S/C24H32FN3O3S/c1-16(2)28(23(30)26-24(3,4)5)14-22(29)27-11-9-21-19(10-12-32-21)20(27)15-31-18-8-6-7-17(25)13-18/h6-8,10,12-13,16,20H,9,11,14-15H2,1-5H3,(H,26,30)/t20-/m0/s1. The van der Waals surface area contributed by atoms with E-state index in [1.807, 2.05) is 46.1 Å². The Kier molecular flexibility index (Phi) is 7.44. The number of nitrogens with one attached hydrogen (secondary N) is 1. The zero-order valence-corrected chi connectivity index (χ0v) is 20.2. The summed E-state index contributed by atoms with van der Waals surface area (Å²) in [5.74, 6) is -0.0756. The first-order chi connectivity index (χ1) is 15.0. The largest absolute Gasteiger partial charge is 0.491 e. The van der Waals surface area contributed by atoms with Crippen LogP contribution in [0.1, 0.15) is 51.1 Å². The minimum Gasteiger partial charge on any atom is -0.491 e. The molecule has 0 aliphatic carbocycles. The van der Waals surface area contributed by atoms with Gasteiger partial charge in [-0.3, -0.25) is 4.79 Å². The number of halogens is 1. The van der Waals surface area contributed by atoms with E-state index in [1.165, 1.54) is 17.0 Å². The van der Waals surface area contributed by atoms with Crippen molar-refractivity contribution in [3.8, 4) is 5.75 Å². The van der Waals surface area contributed by atoms with E-state index in [2.05, 4.69) is 5.32 Å². The minimum absolute atomic E-state index is 0.0183. The molecule has 1 atom stereocenters. The van der Waals surface area contributed by atoms with E-state index in [9.17, 15) is 14.0 Å². The Hall–Kier alpha value is -2.61. The maximum Gasteiger partial charge on any atom is 0.318 e. The van der Waals surface area contributed by atoms with Gasteiger partial charge in [0, 0.05) is 29.1 Å². The number of amides is 3. The maximum absolute atomic E-state index is 13.6. The molecule has 6 nitrogen and oxygen atoms in total. The Bertz CT molecular complexity index is 954. The van der Waals surface area contributed by atoms with Crippen molar-refractivity contribution in [2.45, 2.75) is 58.7 Å². The molecule has 1 aromatic carbocycles. The molecule has 2 aromatic rings. The van der Waals surface area contributed by atoms with Crippen molar-refractivity contribution < 1.29 is 18.7 Å². The van der Waals surface area contributed by atoms with Gasteiger partial charge in [-0.1, -0.05) is 6.07 Å². The molecule has 0 radical (unpaired) electrons. The monoisotopic (exact) mass is 461 g/mol. The summed E-state index contributed by atoms with van der Waals surface area (Å²) in [4.78, 5) is 30.7. The molecule has 1 aliphatic heterocycles. The van der Waals surface area contributed by atoms with Crippen molar-refractivity contribution in [2.24, 2.45) is 0 Å². The molecular weight excluding hydrogens is 429 g/mol. The number of benzene rings is 1. The lowest BCUT2D eigenvalue weighted by Crippen LogP contribution is -2.54. The van der Waals surface area contributed by atoms with Crippen LogP contribution in [0.5, 0.6) is 5.75 Å². The van der Waals surface area contributed by atoms with Crippen LogP contribution in [-0.4, -0.2) is 53.0 Å². The Balaban J connectivity index is 1.77. The molecule has 174 valence electrons. The number of nitrogens with zero attached hydrogens (tertiary/aromatic N) is 2. The highest BCUT2D eigenvalue weighted by atomic mass is 32.1. The molecule has 0 saturated carbocycles. The number of carbonyl (C=O) groups excluding carboxylic acids is 2. The predicted octanol–water partition coefficient (Wildman–Crippen LogP) is 4.61. The number of hydrogen-bond donors (Lipinski definition) is 1. The van der Waals surface area contributed by atoms with Gasteiger partial charge in [-0.05, 0) is 70.2 Å². The van der Waals surface area contributed by atoms with E-state index in [1.54, 1.807) is 33.3 Å². The van der Waals surface area contributed by atoms with E-state index >= 15 is 0 Å². The van der Waals surface area contributed by atoms with Gasteiger partial charge in [0.2, 0.25) is 5.91 Å². The Morgan fingerprint density at radius 2 is 2.06 bits per heavy atom. The topological polar surface area (TPSA) is 61.9 Å². The van der Waals surface area contributed by atoms with Crippen LogP contribution in [0.4, 0.5) is 9.18 Å². The molecule has 3 amide bonds. The Morgan fingerprint density at radius 1 is 1.31 bits per heavy atom.